The molecule has 20 heteroatoms. The second-order valence-corrected chi connectivity index (χ2v) is 2.83. The number of aromatic nitrogens is 3. The van der Waals surface area contributed by atoms with E-state index in [1.165, 1.54) is 0 Å². The van der Waals surface area contributed by atoms with Gasteiger partial charge in [0.25, 0.3) is 0 Å². The topological polar surface area (TPSA) is 42.7 Å². The minimum atomic E-state index is 0. The molecule has 108 valence electrons. The normalized spacial score (nSPS) is 8.30. The van der Waals surface area contributed by atoms with E-state index >= 15 is 0 Å². The third kappa shape index (κ3) is 55.6. The largest absolute Gasteiger partial charge is 0.317 e. The van der Waals surface area contributed by atoms with E-state index in [9.17, 15) is 0 Å². The molecule has 1 aliphatic rings. The van der Waals surface area contributed by atoms with Gasteiger partial charge in [0.2, 0.25) is 0 Å². The number of piperidine rings is 1. The maximum atomic E-state index is 4.12. The molecule has 16 radical (unpaired) electrons. The molecule has 1 saturated heterocycles. The fraction of sp³-hybridized carbons (Fsp3) is 0.714. The van der Waals surface area contributed by atoms with Crippen LogP contribution in [0.2, 0.25) is 0 Å². The van der Waals surface area contributed by atoms with E-state index in [4.69, 9.17) is 0 Å². The maximum Gasteiger partial charge on any atom is 0.0740 e. The van der Waals surface area contributed by atoms with Crippen LogP contribution in [0.15, 0.2) is 12.4 Å². The average Bonchev–Trinajstić information content (AvgIpc) is 2.58. The smallest absolute Gasteiger partial charge is 0.0740 e. The Hall–Kier alpha value is 16.8. The van der Waals surface area contributed by atoms with Crippen LogP contribution in [0.5, 0.6) is 0 Å². The van der Waals surface area contributed by atoms with Gasteiger partial charge in [-0.15, -0.1) is 0 Å². The monoisotopic (exact) mass is 1570 g/mol. The quantitative estimate of drug-likeness (QED) is 0.437. The third-order valence-corrected chi connectivity index (χ3v) is 2.07. The summed E-state index contributed by atoms with van der Waals surface area (Å²) in [5, 5.41) is 11.5. The van der Waals surface area contributed by atoms with E-state index in [2.05, 4.69) is 15.5 Å². The van der Waals surface area contributed by atoms with Crippen molar-refractivity contribution in [2.24, 2.45) is 0 Å². The molecule has 0 atom stereocenters. The molecule has 0 amide bonds. The zero-order chi connectivity index (χ0) is 7.52. The predicted molar refractivity (Wildman–Crippen MR) is 41.2 cm³/mol. The standard InChI is InChI=1S/C7H12N4.16Y/c1-3-8-4-2-7(1)11-9-5-6-10-11;;;;;;;;;;;;;;;;/h5-8H,1-4H2;;;;;;;;;;;;;;;;. The van der Waals surface area contributed by atoms with E-state index in [1.54, 1.807) is 12.4 Å². The predicted octanol–water partition coefficient (Wildman–Crippen LogP) is 0.163. The van der Waals surface area contributed by atoms with Crippen LogP contribution in [0.3, 0.4) is 0 Å². The molecular weight excluding hydrogens is 1560 g/mol. The molecule has 1 fully saturated rings. The van der Waals surface area contributed by atoms with Gasteiger partial charge in [0, 0.05) is 523 Å². The van der Waals surface area contributed by atoms with Crippen molar-refractivity contribution in [1.29, 1.82) is 0 Å². The Morgan fingerprint density at radius 1 is 0.519 bits per heavy atom. The molecule has 4 nitrogen and oxygen atoms in total. The van der Waals surface area contributed by atoms with Gasteiger partial charge in [0.05, 0.1) is 18.4 Å². The number of rotatable bonds is 1. The fourth-order valence-corrected chi connectivity index (χ4v) is 1.45. The Bertz CT molecular complexity index is 227. The van der Waals surface area contributed by atoms with Crippen molar-refractivity contribution in [3.05, 3.63) is 12.4 Å². The van der Waals surface area contributed by atoms with Gasteiger partial charge in [0.15, 0.2) is 0 Å². The summed E-state index contributed by atoms with van der Waals surface area (Å²) in [5.41, 5.74) is 0. The maximum absolute atomic E-state index is 4.12. The molecule has 0 unspecified atom stereocenters. The molecule has 1 N–H and O–H groups in total. The summed E-state index contributed by atoms with van der Waals surface area (Å²) in [7, 11) is 0. The summed E-state index contributed by atoms with van der Waals surface area (Å²) in [4.78, 5) is 1.82. The van der Waals surface area contributed by atoms with Crippen LogP contribution < -0.4 is 5.32 Å². The first-order valence-corrected chi connectivity index (χ1v) is 4.03. The minimum Gasteiger partial charge on any atom is -0.317 e. The molecule has 0 aromatic carbocycles. The zero-order valence-corrected chi connectivity index (χ0v) is 61.1. The van der Waals surface area contributed by atoms with Gasteiger partial charge in [0.1, 0.15) is 0 Å². The number of hydrogen-bond donors (Lipinski definition) is 1. The van der Waals surface area contributed by atoms with Crippen molar-refractivity contribution < 1.29 is 523 Å². The van der Waals surface area contributed by atoms with Crippen LogP contribution >= 0.6 is 0 Å². The molecule has 2 heterocycles. The van der Waals surface area contributed by atoms with E-state index in [0.29, 0.717) is 6.04 Å². The Labute approximate surface area is 568 Å². The van der Waals surface area contributed by atoms with Crippen LogP contribution in [0.1, 0.15) is 18.9 Å². The van der Waals surface area contributed by atoms with Gasteiger partial charge in [-0.2, -0.15) is 15.0 Å². The van der Waals surface area contributed by atoms with Crippen LogP contribution in [0.25, 0.3) is 0 Å². The molecule has 0 aliphatic carbocycles. The van der Waals surface area contributed by atoms with Crippen molar-refractivity contribution in [3.63, 3.8) is 0 Å². The SMILES string of the molecule is [Y].[Y].[Y].[Y].[Y].[Y].[Y].[Y].[Y].[Y].[Y].[Y].[Y].[Y].[Y].[Y].c1cnn(C2CCNCC2)n1. The first-order chi connectivity index (χ1) is 5.47. The van der Waals surface area contributed by atoms with E-state index in [-0.39, 0.29) is 523 Å². The average molecular weight is 1570 g/mol. The Morgan fingerprint density at radius 3 is 1.04 bits per heavy atom. The van der Waals surface area contributed by atoms with Gasteiger partial charge < -0.3 is 5.32 Å². The van der Waals surface area contributed by atoms with Gasteiger partial charge >= 0.3 is 0 Å². The molecule has 0 bridgehead atoms. The molecule has 1 aliphatic heterocycles. The molecular formula is C7H12N4Y16. The fourth-order valence-electron chi connectivity index (χ4n) is 1.45. The number of nitrogens with one attached hydrogen (secondary N) is 1. The first-order valence-electron chi connectivity index (χ1n) is 4.03. The molecule has 27 heavy (non-hydrogen) atoms. The summed E-state index contributed by atoms with van der Waals surface area (Å²) in [6.45, 7) is 2.18. The van der Waals surface area contributed by atoms with Crippen molar-refractivity contribution in [2.45, 2.75) is 18.9 Å². The second-order valence-electron chi connectivity index (χ2n) is 2.83. The van der Waals surface area contributed by atoms with E-state index in [0.717, 1.165) is 25.9 Å². The summed E-state index contributed by atoms with van der Waals surface area (Å²) in [6.07, 6.45) is 5.77. The third-order valence-electron chi connectivity index (χ3n) is 2.07. The first kappa shape index (κ1) is 96.7. The van der Waals surface area contributed by atoms with E-state index in [1.807, 2.05) is 4.80 Å². The van der Waals surface area contributed by atoms with Gasteiger partial charge in [-0.1, -0.05) is 0 Å². The summed E-state index contributed by atoms with van der Waals surface area (Å²) in [5.74, 6) is 0. The molecule has 1 aromatic heterocycles. The van der Waals surface area contributed by atoms with Crippen molar-refractivity contribution in [3.8, 4) is 0 Å². The molecule has 0 spiro atoms. The Balaban J connectivity index is -0.00000000692. The van der Waals surface area contributed by atoms with Gasteiger partial charge in [-0.25, -0.2) is 0 Å². The van der Waals surface area contributed by atoms with Gasteiger partial charge in [-0.3, -0.25) is 0 Å². The van der Waals surface area contributed by atoms with Crippen molar-refractivity contribution in [2.75, 3.05) is 13.1 Å². The van der Waals surface area contributed by atoms with Crippen molar-refractivity contribution in [1.82, 2.24) is 20.3 Å². The second kappa shape index (κ2) is 73.9. The van der Waals surface area contributed by atoms with Crippen LogP contribution in [-0.2, 0) is 523 Å². The van der Waals surface area contributed by atoms with E-state index < -0.39 is 0 Å². The Morgan fingerprint density at radius 2 is 0.778 bits per heavy atom. The van der Waals surface area contributed by atoms with Crippen LogP contribution in [-0.4, -0.2) is 28.1 Å². The summed E-state index contributed by atoms with van der Waals surface area (Å²) in [6, 6.07) is 0.520. The summed E-state index contributed by atoms with van der Waals surface area (Å²) >= 11 is 0. The van der Waals surface area contributed by atoms with Crippen molar-refractivity contribution >= 4 is 0 Å². The Kier molecular flexibility index (Phi) is 265. The molecule has 0 saturated carbocycles. The minimum absolute atomic E-state index is 0. The van der Waals surface area contributed by atoms with Crippen LogP contribution in [0, 0.1) is 0 Å². The number of hydrogen-bond acceptors (Lipinski definition) is 3. The molecule has 2 rings (SSSR count). The molecule has 1 aromatic rings. The van der Waals surface area contributed by atoms with Crippen LogP contribution in [0.4, 0.5) is 0 Å². The summed E-state index contributed by atoms with van der Waals surface area (Å²) < 4.78 is 0. The number of nitrogens with zero attached hydrogens (tertiary/aromatic N) is 3. The van der Waals surface area contributed by atoms with Gasteiger partial charge in [-0.05, 0) is 25.9 Å². The zero-order valence-electron chi connectivity index (χ0n) is 15.6.